The SMILES string of the molecule is CCCCCCCCC(CCCCCC)C(=O)NCCCC. The maximum atomic E-state index is 12.3. The fraction of sp³-hybridized carbons (Fsp3) is 0.950. The molecule has 0 heterocycles. The van der Waals surface area contributed by atoms with Gasteiger partial charge in [0.25, 0.3) is 0 Å². The first-order valence-electron chi connectivity index (χ1n) is 10.0. The van der Waals surface area contributed by atoms with Crippen LogP contribution in [0.4, 0.5) is 0 Å². The van der Waals surface area contributed by atoms with Crippen molar-refractivity contribution in [2.24, 2.45) is 5.92 Å². The molecular formula is C20H41NO. The number of hydrogen-bond acceptors (Lipinski definition) is 1. The van der Waals surface area contributed by atoms with Gasteiger partial charge < -0.3 is 5.32 Å². The van der Waals surface area contributed by atoms with Crippen LogP contribution in [0.15, 0.2) is 0 Å². The highest BCUT2D eigenvalue weighted by Gasteiger charge is 2.17. The largest absolute Gasteiger partial charge is 0.356 e. The van der Waals surface area contributed by atoms with Crippen LogP contribution in [0.3, 0.4) is 0 Å². The molecule has 2 heteroatoms. The molecular weight excluding hydrogens is 270 g/mol. The lowest BCUT2D eigenvalue weighted by molar-refractivity contribution is -0.125. The molecule has 1 unspecified atom stereocenters. The van der Waals surface area contributed by atoms with Gasteiger partial charge in [0.05, 0.1) is 0 Å². The zero-order valence-corrected chi connectivity index (χ0v) is 15.6. The number of carbonyl (C=O) groups is 1. The summed E-state index contributed by atoms with van der Waals surface area (Å²) in [4.78, 5) is 12.3. The Balaban J connectivity index is 3.95. The topological polar surface area (TPSA) is 29.1 Å². The summed E-state index contributed by atoms with van der Waals surface area (Å²) in [5.41, 5.74) is 0. The summed E-state index contributed by atoms with van der Waals surface area (Å²) in [6.07, 6.45) is 17.4. The van der Waals surface area contributed by atoms with Crippen LogP contribution in [0.1, 0.15) is 111 Å². The van der Waals surface area contributed by atoms with E-state index in [0.717, 1.165) is 32.2 Å². The van der Waals surface area contributed by atoms with Crippen LogP contribution in [0.2, 0.25) is 0 Å². The summed E-state index contributed by atoms with van der Waals surface area (Å²) in [5, 5.41) is 3.15. The molecule has 22 heavy (non-hydrogen) atoms. The minimum absolute atomic E-state index is 0.264. The second-order valence-corrected chi connectivity index (χ2v) is 6.75. The average molecular weight is 312 g/mol. The molecule has 2 nitrogen and oxygen atoms in total. The highest BCUT2D eigenvalue weighted by atomic mass is 16.1. The first kappa shape index (κ1) is 21.5. The Kier molecular flexibility index (Phi) is 16.4. The summed E-state index contributed by atoms with van der Waals surface area (Å²) >= 11 is 0. The number of carbonyl (C=O) groups excluding carboxylic acids is 1. The fourth-order valence-corrected chi connectivity index (χ4v) is 2.93. The third-order valence-electron chi connectivity index (χ3n) is 4.51. The molecule has 0 aromatic rings. The second-order valence-electron chi connectivity index (χ2n) is 6.75. The van der Waals surface area contributed by atoms with Gasteiger partial charge in [-0.1, -0.05) is 91.4 Å². The van der Waals surface area contributed by atoms with Crippen LogP contribution in [0.5, 0.6) is 0 Å². The van der Waals surface area contributed by atoms with E-state index in [0.29, 0.717) is 5.91 Å². The van der Waals surface area contributed by atoms with Crippen LogP contribution in [0, 0.1) is 5.92 Å². The van der Waals surface area contributed by atoms with Gasteiger partial charge in [0.1, 0.15) is 0 Å². The van der Waals surface area contributed by atoms with Gasteiger partial charge >= 0.3 is 0 Å². The van der Waals surface area contributed by atoms with E-state index in [1.807, 2.05) is 0 Å². The number of amides is 1. The molecule has 0 spiro atoms. The van der Waals surface area contributed by atoms with E-state index in [-0.39, 0.29) is 5.92 Å². The van der Waals surface area contributed by atoms with Crippen molar-refractivity contribution in [2.45, 2.75) is 111 Å². The smallest absolute Gasteiger partial charge is 0.223 e. The third-order valence-corrected chi connectivity index (χ3v) is 4.51. The van der Waals surface area contributed by atoms with Gasteiger partial charge in [-0.05, 0) is 19.3 Å². The van der Waals surface area contributed by atoms with Gasteiger partial charge in [-0.15, -0.1) is 0 Å². The molecule has 0 aliphatic rings. The lowest BCUT2D eigenvalue weighted by atomic mass is 9.93. The summed E-state index contributed by atoms with van der Waals surface area (Å²) in [5.74, 6) is 0.582. The summed E-state index contributed by atoms with van der Waals surface area (Å²) in [7, 11) is 0. The molecule has 0 saturated heterocycles. The van der Waals surface area contributed by atoms with Crippen molar-refractivity contribution in [1.82, 2.24) is 5.32 Å². The lowest BCUT2D eigenvalue weighted by Gasteiger charge is -2.17. The fourth-order valence-electron chi connectivity index (χ4n) is 2.93. The monoisotopic (exact) mass is 311 g/mol. The zero-order valence-electron chi connectivity index (χ0n) is 15.6. The van der Waals surface area contributed by atoms with Crippen molar-refractivity contribution in [3.05, 3.63) is 0 Å². The van der Waals surface area contributed by atoms with Gasteiger partial charge in [-0.2, -0.15) is 0 Å². The molecule has 0 aliphatic carbocycles. The van der Waals surface area contributed by atoms with E-state index < -0.39 is 0 Å². The molecule has 0 bridgehead atoms. The molecule has 0 aromatic carbocycles. The van der Waals surface area contributed by atoms with E-state index in [1.54, 1.807) is 0 Å². The van der Waals surface area contributed by atoms with Crippen molar-refractivity contribution < 1.29 is 4.79 Å². The van der Waals surface area contributed by atoms with Gasteiger partial charge in [-0.3, -0.25) is 4.79 Å². The highest BCUT2D eigenvalue weighted by molar-refractivity contribution is 5.78. The van der Waals surface area contributed by atoms with Gasteiger partial charge in [0, 0.05) is 12.5 Å². The van der Waals surface area contributed by atoms with Crippen molar-refractivity contribution in [3.63, 3.8) is 0 Å². The van der Waals surface area contributed by atoms with Gasteiger partial charge in [-0.25, -0.2) is 0 Å². The quantitative estimate of drug-likeness (QED) is 0.336. The Morgan fingerprint density at radius 2 is 1.14 bits per heavy atom. The van der Waals surface area contributed by atoms with Crippen LogP contribution in [0.25, 0.3) is 0 Å². The minimum Gasteiger partial charge on any atom is -0.356 e. The standard InChI is InChI=1S/C20H41NO/c1-4-7-10-12-13-15-17-19(16-14-11-8-5-2)20(22)21-18-9-6-3/h19H,4-18H2,1-3H3,(H,21,22). The van der Waals surface area contributed by atoms with Gasteiger partial charge in [0.15, 0.2) is 0 Å². The molecule has 1 amide bonds. The van der Waals surface area contributed by atoms with Crippen LogP contribution >= 0.6 is 0 Å². The van der Waals surface area contributed by atoms with Gasteiger partial charge in [0.2, 0.25) is 5.91 Å². The molecule has 0 aliphatic heterocycles. The van der Waals surface area contributed by atoms with Crippen molar-refractivity contribution in [1.29, 1.82) is 0 Å². The Labute approximate surface area is 139 Å². The van der Waals surface area contributed by atoms with Crippen LogP contribution in [-0.4, -0.2) is 12.5 Å². The number of nitrogens with one attached hydrogen (secondary N) is 1. The van der Waals surface area contributed by atoms with Crippen molar-refractivity contribution in [3.8, 4) is 0 Å². The number of unbranched alkanes of at least 4 members (excludes halogenated alkanes) is 9. The number of hydrogen-bond donors (Lipinski definition) is 1. The Morgan fingerprint density at radius 1 is 0.682 bits per heavy atom. The molecule has 132 valence electrons. The zero-order chi connectivity index (χ0) is 16.5. The summed E-state index contributed by atoms with van der Waals surface area (Å²) < 4.78 is 0. The average Bonchev–Trinajstić information content (AvgIpc) is 2.52. The first-order chi connectivity index (χ1) is 10.8. The highest BCUT2D eigenvalue weighted by Crippen LogP contribution is 2.19. The predicted molar refractivity (Wildman–Crippen MR) is 98.2 cm³/mol. The van der Waals surface area contributed by atoms with Crippen LogP contribution in [-0.2, 0) is 4.79 Å². The summed E-state index contributed by atoms with van der Waals surface area (Å²) in [6, 6.07) is 0. The molecule has 0 rings (SSSR count). The normalized spacial score (nSPS) is 12.3. The Bertz CT molecular complexity index is 240. The second kappa shape index (κ2) is 16.8. The molecule has 0 saturated carbocycles. The van der Waals surface area contributed by atoms with E-state index >= 15 is 0 Å². The van der Waals surface area contributed by atoms with E-state index in [4.69, 9.17) is 0 Å². The molecule has 1 N–H and O–H groups in total. The Hall–Kier alpha value is -0.530. The van der Waals surface area contributed by atoms with Crippen molar-refractivity contribution >= 4 is 5.91 Å². The summed E-state index contributed by atoms with van der Waals surface area (Å²) in [6.45, 7) is 7.53. The first-order valence-corrected chi connectivity index (χ1v) is 10.0. The maximum absolute atomic E-state index is 12.3. The molecule has 0 aromatic heterocycles. The maximum Gasteiger partial charge on any atom is 0.223 e. The molecule has 0 fully saturated rings. The van der Waals surface area contributed by atoms with E-state index in [2.05, 4.69) is 26.1 Å². The Morgan fingerprint density at radius 3 is 1.68 bits per heavy atom. The van der Waals surface area contributed by atoms with Crippen LogP contribution < -0.4 is 5.32 Å². The number of rotatable bonds is 16. The predicted octanol–water partition coefficient (Wildman–Crippen LogP) is 6.24. The molecule has 0 radical (unpaired) electrons. The third kappa shape index (κ3) is 13.2. The minimum atomic E-state index is 0.264. The lowest BCUT2D eigenvalue weighted by Crippen LogP contribution is -2.31. The van der Waals surface area contributed by atoms with Crippen molar-refractivity contribution in [2.75, 3.05) is 6.54 Å². The van der Waals surface area contributed by atoms with E-state index in [9.17, 15) is 4.79 Å². The van der Waals surface area contributed by atoms with E-state index in [1.165, 1.54) is 64.2 Å². The molecule has 1 atom stereocenters.